The van der Waals surface area contributed by atoms with Gasteiger partial charge in [-0.1, -0.05) is 35.3 Å². The molecule has 1 unspecified atom stereocenters. The van der Waals surface area contributed by atoms with Crippen LogP contribution in [0.15, 0.2) is 42.5 Å². The van der Waals surface area contributed by atoms with Gasteiger partial charge in [-0.25, -0.2) is 0 Å². The van der Waals surface area contributed by atoms with E-state index in [2.05, 4.69) is 15.5 Å². The molecule has 3 rings (SSSR count). The van der Waals surface area contributed by atoms with Crippen LogP contribution < -0.4 is 15.5 Å². The van der Waals surface area contributed by atoms with Gasteiger partial charge in [-0.05, 0) is 35.9 Å². The minimum Gasteiger partial charge on any atom is -0.368 e. The summed E-state index contributed by atoms with van der Waals surface area (Å²) in [7, 11) is 0. The third-order valence-electron chi connectivity index (χ3n) is 4.62. The molecule has 1 aliphatic rings. The number of halogens is 2. The summed E-state index contributed by atoms with van der Waals surface area (Å²) >= 11 is 14.1. The van der Waals surface area contributed by atoms with Gasteiger partial charge in [0, 0.05) is 41.6 Å². The van der Waals surface area contributed by atoms with Gasteiger partial charge < -0.3 is 15.5 Å². The maximum Gasteiger partial charge on any atom is 0.226 e. The Kier molecular flexibility index (Phi) is 7.70. The van der Waals surface area contributed by atoms with Crippen LogP contribution in [0.1, 0.15) is 24.9 Å². The van der Waals surface area contributed by atoms with E-state index in [0.29, 0.717) is 15.7 Å². The van der Waals surface area contributed by atoms with Crippen molar-refractivity contribution in [1.29, 1.82) is 0 Å². The fourth-order valence-electron chi connectivity index (χ4n) is 3.27. The first-order chi connectivity index (χ1) is 13.9. The van der Waals surface area contributed by atoms with E-state index in [1.165, 1.54) is 6.92 Å². The Morgan fingerprint density at radius 1 is 1.07 bits per heavy atom. The first kappa shape index (κ1) is 21.8. The molecule has 1 saturated heterocycles. The van der Waals surface area contributed by atoms with Crippen LogP contribution in [0.3, 0.4) is 0 Å². The smallest absolute Gasteiger partial charge is 0.226 e. The Bertz CT molecular complexity index is 871. The van der Waals surface area contributed by atoms with Crippen molar-refractivity contribution in [3.05, 3.63) is 58.1 Å². The third kappa shape index (κ3) is 6.29. The fourth-order valence-corrected chi connectivity index (χ4v) is 4.47. The van der Waals surface area contributed by atoms with Crippen LogP contribution in [0.2, 0.25) is 10.0 Å². The van der Waals surface area contributed by atoms with Crippen LogP contribution >= 0.6 is 35.0 Å². The van der Waals surface area contributed by atoms with E-state index in [9.17, 15) is 9.59 Å². The van der Waals surface area contributed by atoms with Gasteiger partial charge >= 0.3 is 0 Å². The van der Waals surface area contributed by atoms with Crippen molar-refractivity contribution in [2.75, 3.05) is 34.8 Å². The second-order valence-electron chi connectivity index (χ2n) is 6.82. The zero-order valence-corrected chi connectivity index (χ0v) is 18.4. The summed E-state index contributed by atoms with van der Waals surface area (Å²) in [6, 6.07) is 12.2. The lowest BCUT2D eigenvalue weighted by atomic mass is 10.0. The molecule has 8 heteroatoms. The van der Waals surface area contributed by atoms with Gasteiger partial charge in [-0.2, -0.15) is 11.8 Å². The van der Waals surface area contributed by atoms with Gasteiger partial charge in [0.15, 0.2) is 0 Å². The summed E-state index contributed by atoms with van der Waals surface area (Å²) in [5, 5.41) is 6.99. The molecule has 0 saturated carbocycles. The largest absolute Gasteiger partial charge is 0.368 e. The maximum atomic E-state index is 12.8. The van der Waals surface area contributed by atoms with Gasteiger partial charge in [0.25, 0.3) is 0 Å². The van der Waals surface area contributed by atoms with Crippen molar-refractivity contribution in [1.82, 2.24) is 5.32 Å². The van der Waals surface area contributed by atoms with Crippen molar-refractivity contribution in [2.24, 2.45) is 0 Å². The number of nitrogens with zero attached hydrogens (tertiary/aromatic N) is 1. The molecule has 1 aliphatic heterocycles. The van der Waals surface area contributed by atoms with Crippen molar-refractivity contribution in [2.45, 2.75) is 19.4 Å². The standard InChI is InChI=1S/C21H23Cl2N3O2S/c1-14(27)24-18(15-2-4-16(22)5-3-15)13-21(28)25-19-12-17(23)6-7-20(19)26-8-10-29-11-9-26/h2-7,12,18H,8-11,13H2,1H3,(H,24,27)(H,25,28). The normalized spacial score (nSPS) is 14.9. The number of thioether (sulfide) groups is 1. The molecular formula is C21H23Cl2N3O2S. The topological polar surface area (TPSA) is 61.4 Å². The summed E-state index contributed by atoms with van der Waals surface area (Å²) in [4.78, 5) is 26.7. The SMILES string of the molecule is CC(=O)NC(CC(=O)Nc1cc(Cl)ccc1N1CCSCC1)c1ccc(Cl)cc1. The first-order valence-corrected chi connectivity index (χ1v) is 11.3. The zero-order valence-electron chi connectivity index (χ0n) is 16.1. The highest BCUT2D eigenvalue weighted by molar-refractivity contribution is 7.99. The molecule has 0 radical (unpaired) electrons. The summed E-state index contributed by atoms with van der Waals surface area (Å²) in [5.74, 6) is 1.70. The van der Waals surface area contributed by atoms with Crippen molar-refractivity contribution >= 4 is 58.2 Å². The molecule has 29 heavy (non-hydrogen) atoms. The molecule has 0 bridgehead atoms. The van der Waals surface area contributed by atoms with Gasteiger partial charge in [0.2, 0.25) is 11.8 Å². The molecule has 2 N–H and O–H groups in total. The second kappa shape index (κ2) is 10.2. The molecular weight excluding hydrogens is 429 g/mol. The minimum absolute atomic E-state index is 0.100. The Labute approximate surface area is 185 Å². The number of carbonyl (C=O) groups excluding carboxylic acids is 2. The lowest BCUT2D eigenvalue weighted by Gasteiger charge is -2.30. The number of benzene rings is 2. The van der Waals surface area contributed by atoms with E-state index in [0.717, 1.165) is 35.8 Å². The molecule has 0 spiro atoms. The van der Waals surface area contributed by atoms with Crippen molar-refractivity contribution in [3.8, 4) is 0 Å². The van der Waals surface area contributed by atoms with Crippen LogP contribution in [0.5, 0.6) is 0 Å². The lowest BCUT2D eigenvalue weighted by Crippen LogP contribution is -2.33. The Morgan fingerprint density at radius 2 is 1.72 bits per heavy atom. The summed E-state index contributed by atoms with van der Waals surface area (Å²) in [6.45, 7) is 3.28. The Morgan fingerprint density at radius 3 is 2.38 bits per heavy atom. The number of rotatable bonds is 6. The summed E-state index contributed by atoms with van der Waals surface area (Å²) in [6.07, 6.45) is 0.100. The highest BCUT2D eigenvalue weighted by Crippen LogP contribution is 2.31. The van der Waals surface area contributed by atoms with Crippen LogP contribution in [0, 0.1) is 0 Å². The Balaban J connectivity index is 1.76. The van der Waals surface area contributed by atoms with Gasteiger partial charge in [-0.3, -0.25) is 9.59 Å². The molecule has 5 nitrogen and oxygen atoms in total. The highest BCUT2D eigenvalue weighted by Gasteiger charge is 2.20. The molecule has 154 valence electrons. The quantitative estimate of drug-likeness (QED) is 0.664. The highest BCUT2D eigenvalue weighted by atomic mass is 35.5. The van der Waals surface area contributed by atoms with Crippen molar-refractivity contribution in [3.63, 3.8) is 0 Å². The number of hydrogen-bond acceptors (Lipinski definition) is 4. The number of nitrogens with one attached hydrogen (secondary N) is 2. The van der Waals surface area contributed by atoms with Crippen LogP contribution in [-0.4, -0.2) is 36.4 Å². The average Bonchev–Trinajstić information content (AvgIpc) is 2.68. The third-order valence-corrected chi connectivity index (χ3v) is 6.05. The van der Waals surface area contributed by atoms with Gasteiger partial charge in [0.1, 0.15) is 0 Å². The lowest BCUT2D eigenvalue weighted by molar-refractivity contribution is -0.120. The van der Waals surface area contributed by atoms with E-state index in [1.807, 2.05) is 36.0 Å². The number of anilines is 2. The second-order valence-corrected chi connectivity index (χ2v) is 8.92. The molecule has 1 fully saturated rings. The molecule has 1 atom stereocenters. The van der Waals surface area contributed by atoms with Crippen LogP contribution in [0.25, 0.3) is 0 Å². The fraction of sp³-hybridized carbons (Fsp3) is 0.333. The molecule has 2 aromatic carbocycles. The Hall–Kier alpha value is -1.89. The first-order valence-electron chi connectivity index (χ1n) is 9.37. The van der Waals surface area contributed by atoms with Crippen LogP contribution in [-0.2, 0) is 9.59 Å². The van der Waals surface area contributed by atoms with Gasteiger partial charge in [-0.15, -0.1) is 0 Å². The van der Waals surface area contributed by atoms with Crippen LogP contribution in [0.4, 0.5) is 11.4 Å². The summed E-state index contributed by atoms with van der Waals surface area (Å²) < 4.78 is 0. The van der Waals surface area contributed by atoms with Gasteiger partial charge in [0.05, 0.1) is 23.8 Å². The summed E-state index contributed by atoms with van der Waals surface area (Å²) in [5.41, 5.74) is 2.47. The van der Waals surface area contributed by atoms with E-state index in [4.69, 9.17) is 23.2 Å². The zero-order chi connectivity index (χ0) is 20.8. The van der Waals surface area contributed by atoms with E-state index in [1.54, 1.807) is 18.2 Å². The van der Waals surface area contributed by atoms with E-state index >= 15 is 0 Å². The molecule has 2 amide bonds. The average molecular weight is 452 g/mol. The molecule has 2 aromatic rings. The molecule has 0 aromatic heterocycles. The van der Waals surface area contributed by atoms with E-state index in [-0.39, 0.29) is 18.2 Å². The minimum atomic E-state index is -0.446. The number of carbonyl (C=O) groups is 2. The molecule has 1 heterocycles. The predicted octanol–water partition coefficient (Wildman–Crippen LogP) is 4.75. The molecule has 0 aliphatic carbocycles. The monoisotopic (exact) mass is 451 g/mol. The predicted molar refractivity (Wildman–Crippen MR) is 122 cm³/mol. The number of amides is 2. The number of hydrogen-bond donors (Lipinski definition) is 2. The maximum absolute atomic E-state index is 12.8. The van der Waals surface area contributed by atoms with E-state index < -0.39 is 6.04 Å². The van der Waals surface area contributed by atoms with Crippen molar-refractivity contribution < 1.29 is 9.59 Å².